The molecule has 0 aliphatic carbocycles. The molecule has 10 heteroatoms. The van der Waals surface area contributed by atoms with Gasteiger partial charge in [-0.1, -0.05) is 6.92 Å². The number of carbonyl (C=O) groups excluding carboxylic acids is 3. The topological polar surface area (TPSA) is 153 Å². The second-order valence-electron chi connectivity index (χ2n) is 7.09. The highest BCUT2D eigenvalue weighted by molar-refractivity contribution is 6.20. The summed E-state index contributed by atoms with van der Waals surface area (Å²) in [4.78, 5) is 43.5. The molecule has 1 aliphatic heterocycles. The average Bonchev–Trinajstić information content (AvgIpc) is 3.01. The minimum Gasteiger partial charge on any atom is -0.375 e. The first-order valence-corrected chi connectivity index (χ1v) is 9.71. The highest BCUT2D eigenvalue weighted by atomic mass is 16.2. The van der Waals surface area contributed by atoms with E-state index in [1.165, 1.54) is 13.8 Å². The summed E-state index contributed by atoms with van der Waals surface area (Å²) in [5.74, 6) is -2.29. The van der Waals surface area contributed by atoms with Gasteiger partial charge in [-0.25, -0.2) is 9.89 Å². The van der Waals surface area contributed by atoms with Crippen molar-refractivity contribution in [1.29, 1.82) is 15.8 Å². The third-order valence-electron chi connectivity index (χ3n) is 4.82. The van der Waals surface area contributed by atoms with Crippen molar-refractivity contribution in [2.24, 2.45) is 10.9 Å². The Labute approximate surface area is 185 Å². The molecular formula is C22H21N7O3. The van der Waals surface area contributed by atoms with Crippen molar-refractivity contribution in [2.75, 3.05) is 23.8 Å². The first kappa shape index (κ1) is 23.8. The summed E-state index contributed by atoms with van der Waals surface area (Å²) in [6.45, 7) is 5.50. The maximum atomic E-state index is 12.6. The van der Waals surface area contributed by atoms with Gasteiger partial charge in [0, 0.05) is 38.5 Å². The van der Waals surface area contributed by atoms with Gasteiger partial charge in [-0.2, -0.15) is 15.8 Å². The van der Waals surface area contributed by atoms with Crippen LogP contribution in [0.3, 0.4) is 0 Å². The molecule has 10 nitrogen and oxygen atoms in total. The number of anilines is 2. The molecule has 1 fully saturated rings. The molecule has 0 saturated carbocycles. The van der Waals surface area contributed by atoms with Crippen molar-refractivity contribution in [3.8, 4) is 18.2 Å². The predicted octanol–water partition coefficient (Wildman–Crippen LogP) is 2.39. The van der Waals surface area contributed by atoms with E-state index in [0.29, 0.717) is 11.4 Å². The number of imide groups is 1. The van der Waals surface area contributed by atoms with Crippen LogP contribution in [0, 0.1) is 39.9 Å². The van der Waals surface area contributed by atoms with Crippen LogP contribution in [0.4, 0.5) is 17.1 Å². The Morgan fingerprint density at radius 2 is 1.91 bits per heavy atom. The molecule has 3 amide bonds. The van der Waals surface area contributed by atoms with Crippen molar-refractivity contribution < 1.29 is 14.4 Å². The van der Waals surface area contributed by atoms with Crippen molar-refractivity contribution >= 4 is 40.5 Å². The summed E-state index contributed by atoms with van der Waals surface area (Å²) in [5, 5.41) is 31.2. The number of rotatable bonds is 6. The predicted molar refractivity (Wildman–Crippen MR) is 116 cm³/mol. The third-order valence-corrected chi connectivity index (χ3v) is 4.82. The number of nitriles is 3. The number of nitrogens with zero attached hydrogens (tertiary/aromatic N) is 6. The first-order valence-electron chi connectivity index (χ1n) is 9.71. The van der Waals surface area contributed by atoms with Crippen LogP contribution in [-0.2, 0) is 14.4 Å². The molecule has 1 saturated heterocycles. The minimum absolute atomic E-state index is 0.111. The Bertz CT molecular complexity index is 1150. The summed E-state index contributed by atoms with van der Waals surface area (Å²) in [7, 11) is 1.86. The lowest BCUT2D eigenvalue weighted by Gasteiger charge is -2.20. The Morgan fingerprint density at radius 3 is 2.38 bits per heavy atom. The maximum absolute atomic E-state index is 12.6. The normalized spacial score (nSPS) is 15.5. The maximum Gasteiger partial charge on any atom is 0.237 e. The molecule has 0 aromatic heterocycles. The number of aliphatic imine (C=N–C) groups is 1. The molecule has 1 aliphatic rings. The van der Waals surface area contributed by atoms with Gasteiger partial charge in [-0.15, -0.1) is 0 Å². The van der Waals surface area contributed by atoms with Crippen LogP contribution in [0.1, 0.15) is 27.2 Å². The highest BCUT2D eigenvalue weighted by Gasteiger charge is 2.41. The standard InChI is InChI=1S/C22H21N7O3/c1-5-28(4)16-6-7-17(18(9-16)26-14(3)30)27-19(12-25)21(15(10-23)11-24)29-20(31)8-13(2)22(29)32/h6-7,9,13H,5,8H2,1-4H3,(H,26,30). The summed E-state index contributed by atoms with van der Waals surface area (Å²) in [6.07, 6.45) is -0.111. The van der Waals surface area contributed by atoms with Gasteiger partial charge in [0.1, 0.15) is 23.9 Å². The van der Waals surface area contributed by atoms with Crippen molar-refractivity contribution in [3.63, 3.8) is 0 Å². The van der Waals surface area contributed by atoms with Crippen LogP contribution >= 0.6 is 0 Å². The van der Waals surface area contributed by atoms with E-state index < -0.39 is 34.7 Å². The fraction of sp³-hybridized carbons (Fsp3) is 0.318. The fourth-order valence-corrected chi connectivity index (χ4v) is 3.07. The molecule has 1 aromatic rings. The van der Waals surface area contributed by atoms with Crippen LogP contribution in [0.25, 0.3) is 0 Å². The van der Waals surface area contributed by atoms with Gasteiger partial charge in [0.05, 0.1) is 11.4 Å². The van der Waals surface area contributed by atoms with E-state index in [4.69, 9.17) is 0 Å². The zero-order chi connectivity index (χ0) is 24.0. The second-order valence-corrected chi connectivity index (χ2v) is 7.09. The van der Waals surface area contributed by atoms with E-state index in [2.05, 4.69) is 10.3 Å². The number of nitrogens with one attached hydrogen (secondary N) is 1. The number of amides is 3. The van der Waals surface area contributed by atoms with Crippen LogP contribution in [0.2, 0.25) is 0 Å². The number of benzene rings is 1. The molecule has 32 heavy (non-hydrogen) atoms. The Kier molecular flexibility index (Phi) is 7.44. The second kappa shape index (κ2) is 10.0. The van der Waals surface area contributed by atoms with Crippen LogP contribution in [0.15, 0.2) is 34.5 Å². The summed E-state index contributed by atoms with van der Waals surface area (Å²) < 4.78 is 0. The van der Waals surface area contributed by atoms with Gasteiger partial charge in [0.2, 0.25) is 17.7 Å². The number of carbonyl (C=O) groups is 3. The first-order chi connectivity index (χ1) is 15.2. The largest absolute Gasteiger partial charge is 0.375 e. The van der Waals surface area contributed by atoms with Gasteiger partial charge in [0.15, 0.2) is 11.3 Å². The fourth-order valence-electron chi connectivity index (χ4n) is 3.07. The molecule has 0 spiro atoms. The smallest absolute Gasteiger partial charge is 0.237 e. The zero-order valence-corrected chi connectivity index (χ0v) is 18.1. The Hall–Kier alpha value is -4.49. The number of likely N-dealkylation sites (tertiary alicyclic amines) is 1. The molecule has 1 aromatic carbocycles. The van der Waals surface area contributed by atoms with Crippen LogP contribution in [-0.4, -0.2) is 41.9 Å². The van der Waals surface area contributed by atoms with Crippen LogP contribution in [0.5, 0.6) is 0 Å². The van der Waals surface area contributed by atoms with E-state index >= 15 is 0 Å². The quantitative estimate of drug-likeness (QED) is 0.412. The number of hydrogen-bond donors (Lipinski definition) is 1. The van der Waals surface area contributed by atoms with Crippen molar-refractivity contribution in [1.82, 2.24) is 4.90 Å². The van der Waals surface area contributed by atoms with E-state index in [9.17, 15) is 30.2 Å². The molecule has 1 heterocycles. The average molecular weight is 431 g/mol. The lowest BCUT2D eigenvalue weighted by atomic mass is 10.1. The SMILES string of the molecule is CCN(C)c1ccc(N=C(C#N)C(=C(C#N)C#N)N2C(=O)CC(C)C2=O)c(NC(C)=O)c1. The molecule has 2 rings (SSSR count). The lowest BCUT2D eigenvalue weighted by molar-refractivity contribution is -0.136. The molecule has 0 bridgehead atoms. The van der Waals surface area contributed by atoms with Gasteiger partial charge >= 0.3 is 0 Å². The number of allylic oxidation sites excluding steroid dienone is 2. The molecule has 1 atom stereocenters. The number of hydrogen-bond acceptors (Lipinski definition) is 8. The monoisotopic (exact) mass is 431 g/mol. The van der Waals surface area contributed by atoms with E-state index in [1.54, 1.807) is 36.4 Å². The summed E-state index contributed by atoms with van der Waals surface area (Å²) >= 11 is 0. The lowest BCUT2D eigenvalue weighted by Crippen LogP contribution is -2.34. The molecule has 1 unspecified atom stereocenters. The van der Waals surface area contributed by atoms with Crippen LogP contribution < -0.4 is 10.2 Å². The molecule has 1 N–H and O–H groups in total. The van der Waals surface area contributed by atoms with Gasteiger partial charge in [0.25, 0.3) is 0 Å². The van der Waals surface area contributed by atoms with E-state index in [-0.39, 0.29) is 23.7 Å². The Morgan fingerprint density at radius 1 is 1.25 bits per heavy atom. The zero-order valence-electron chi connectivity index (χ0n) is 18.1. The van der Waals surface area contributed by atoms with Crippen molar-refractivity contribution in [3.05, 3.63) is 29.5 Å². The van der Waals surface area contributed by atoms with E-state index in [1.807, 2.05) is 18.9 Å². The molecule has 0 radical (unpaired) electrons. The Balaban J connectivity index is 2.74. The minimum atomic E-state index is -0.658. The summed E-state index contributed by atoms with van der Waals surface area (Å²) in [6, 6.07) is 9.97. The van der Waals surface area contributed by atoms with E-state index in [0.717, 1.165) is 5.69 Å². The highest BCUT2D eigenvalue weighted by Crippen LogP contribution is 2.32. The van der Waals surface area contributed by atoms with Gasteiger partial charge < -0.3 is 10.2 Å². The van der Waals surface area contributed by atoms with Gasteiger partial charge in [-0.3, -0.25) is 14.4 Å². The van der Waals surface area contributed by atoms with Gasteiger partial charge in [-0.05, 0) is 25.1 Å². The molecular weight excluding hydrogens is 410 g/mol. The van der Waals surface area contributed by atoms with Crippen molar-refractivity contribution in [2.45, 2.75) is 27.2 Å². The summed E-state index contributed by atoms with van der Waals surface area (Å²) in [5.41, 5.74) is -0.305. The third kappa shape index (κ3) is 4.80. The molecule has 162 valence electrons.